The summed E-state index contributed by atoms with van der Waals surface area (Å²) in [5.74, 6) is 0.122. The smallest absolute Gasteiger partial charge is 0.214 e. The van der Waals surface area contributed by atoms with Crippen LogP contribution >= 0.6 is 0 Å². The van der Waals surface area contributed by atoms with E-state index >= 15 is 0 Å². The molecule has 1 aromatic rings. The van der Waals surface area contributed by atoms with Gasteiger partial charge < -0.3 is 5.32 Å². The van der Waals surface area contributed by atoms with Gasteiger partial charge in [-0.2, -0.15) is 0 Å². The molecule has 1 atom stereocenters. The van der Waals surface area contributed by atoms with Crippen LogP contribution in [0.1, 0.15) is 12.1 Å². The Morgan fingerprint density at radius 3 is 2.94 bits per heavy atom. The zero-order chi connectivity index (χ0) is 13.0. The summed E-state index contributed by atoms with van der Waals surface area (Å²) >= 11 is 0. The lowest BCUT2D eigenvalue weighted by Gasteiger charge is -2.22. The zero-order valence-corrected chi connectivity index (χ0v) is 11.4. The second-order valence-corrected chi connectivity index (χ2v) is 6.70. The first-order valence-corrected chi connectivity index (χ1v) is 7.77. The predicted octanol–water partition coefficient (Wildman–Crippen LogP) is 0.248. The Bertz CT molecular complexity index is 469. The van der Waals surface area contributed by atoms with Crippen molar-refractivity contribution in [2.45, 2.75) is 18.9 Å². The maximum absolute atomic E-state index is 12.2. The summed E-state index contributed by atoms with van der Waals surface area (Å²) in [7, 11) is -1.52. The van der Waals surface area contributed by atoms with Crippen LogP contribution in [0.2, 0.25) is 0 Å². The minimum atomic E-state index is -3.19. The highest BCUT2D eigenvalue weighted by Gasteiger charge is 2.28. The van der Waals surface area contributed by atoms with Crippen molar-refractivity contribution in [1.29, 1.82) is 0 Å². The minimum Gasteiger partial charge on any atom is -0.315 e. The molecule has 1 aliphatic rings. The Morgan fingerprint density at radius 1 is 1.50 bits per heavy atom. The molecule has 0 saturated carbocycles. The second kappa shape index (κ2) is 5.77. The van der Waals surface area contributed by atoms with Gasteiger partial charge in [-0.15, -0.1) is 0 Å². The Kier molecular flexibility index (Phi) is 4.31. The van der Waals surface area contributed by atoms with Gasteiger partial charge >= 0.3 is 0 Å². The minimum absolute atomic E-state index is 0.0960. The fourth-order valence-electron chi connectivity index (χ4n) is 2.10. The molecular weight excluding hydrogens is 250 g/mol. The van der Waals surface area contributed by atoms with E-state index in [9.17, 15) is 8.42 Å². The fraction of sp³-hybridized carbons (Fsp3) is 0.583. The number of aryl methyl sites for hydroxylation is 1. The van der Waals surface area contributed by atoms with E-state index in [0.717, 1.165) is 25.2 Å². The molecule has 5 nitrogen and oxygen atoms in total. The number of nitrogens with one attached hydrogen (secondary N) is 1. The topological polar surface area (TPSA) is 62.3 Å². The van der Waals surface area contributed by atoms with Gasteiger partial charge in [0, 0.05) is 37.9 Å². The molecule has 1 saturated heterocycles. The standard InChI is InChI=1S/C12H19N3O2S/c1-15(12-5-8-13-10-12)18(16,17)9-6-11-4-2-3-7-14-11/h2-4,7,12-13H,5-6,8-10H2,1H3. The van der Waals surface area contributed by atoms with Gasteiger partial charge in [0.1, 0.15) is 0 Å². The largest absolute Gasteiger partial charge is 0.315 e. The molecule has 1 unspecified atom stereocenters. The Morgan fingerprint density at radius 2 is 2.33 bits per heavy atom. The third kappa shape index (κ3) is 3.28. The van der Waals surface area contributed by atoms with Crippen LogP contribution in [0.5, 0.6) is 0 Å². The molecular formula is C12H19N3O2S. The van der Waals surface area contributed by atoms with Crippen molar-refractivity contribution in [3.63, 3.8) is 0 Å². The first kappa shape index (κ1) is 13.5. The molecule has 0 radical (unpaired) electrons. The number of rotatable bonds is 5. The molecule has 1 fully saturated rings. The molecule has 0 spiro atoms. The molecule has 0 aliphatic carbocycles. The van der Waals surface area contributed by atoms with Crippen molar-refractivity contribution in [2.75, 3.05) is 25.9 Å². The van der Waals surface area contributed by atoms with Gasteiger partial charge in [-0.3, -0.25) is 4.98 Å². The third-order valence-electron chi connectivity index (χ3n) is 3.33. The van der Waals surface area contributed by atoms with Gasteiger partial charge in [-0.05, 0) is 25.1 Å². The number of nitrogens with zero attached hydrogens (tertiary/aromatic N) is 2. The van der Waals surface area contributed by atoms with Crippen molar-refractivity contribution < 1.29 is 8.42 Å². The molecule has 2 rings (SSSR count). The van der Waals surface area contributed by atoms with Crippen LogP contribution in [0.4, 0.5) is 0 Å². The first-order valence-electron chi connectivity index (χ1n) is 6.16. The van der Waals surface area contributed by atoms with Crippen LogP contribution < -0.4 is 5.32 Å². The van der Waals surface area contributed by atoms with E-state index < -0.39 is 10.0 Å². The van der Waals surface area contributed by atoms with Crippen molar-refractivity contribution >= 4 is 10.0 Å². The molecule has 1 N–H and O–H groups in total. The van der Waals surface area contributed by atoms with Crippen LogP contribution in [-0.4, -0.2) is 49.6 Å². The van der Waals surface area contributed by atoms with Crippen LogP contribution in [-0.2, 0) is 16.4 Å². The molecule has 1 aliphatic heterocycles. The number of likely N-dealkylation sites (N-methyl/N-ethyl adjacent to an activating group) is 1. The van der Waals surface area contributed by atoms with E-state index in [-0.39, 0.29) is 11.8 Å². The van der Waals surface area contributed by atoms with Crippen molar-refractivity contribution in [3.05, 3.63) is 30.1 Å². The summed E-state index contributed by atoms with van der Waals surface area (Å²) in [5, 5.41) is 3.18. The van der Waals surface area contributed by atoms with E-state index in [1.807, 2.05) is 18.2 Å². The van der Waals surface area contributed by atoms with Crippen molar-refractivity contribution in [1.82, 2.24) is 14.6 Å². The maximum Gasteiger partial charge on any atom is 0.214 e. The van der Waals surface area contributed by atoms with E-state index in [2.05, 4.69) is 10.3 Å². The summed E-state index contributed by atoms with van der Waals surface area (Å²) in [6, 6.07) is 5.65. The molecule has 2 heterocycles. The van der Waals surface area contributed by atoms with Crippen LogP contribution in [0.15, 0.2) is 24.4 Å². The monoisotopic (exact) mass is 269 g/mol. The van der Waals surface area contributed by atoms with Gasteiger partial charge in [0.25, 0.3) is 0 Å². The first-order chi connectivity index (χ1) is 8.59. The fourth-order valence-corrected chi connectivity index (χ4v) is 3.49. The molecule has 0 amide bonds. The lowest BCUT2D eigenvalue weighted by atomic mass is 10.3. The molecule has 1 aromatic heterocycles. The lowest BCUT2D eigenvalue weighted by Crippen LogP contribution is -2.40. The van der Waals surface area contributed by atoms with Crippen molar-refractivity contribution in [3.8, 4) is 0 Å². The average Bonchev–Trinajstić information content (AvgIpc) is 2.90. The van der Waals surface area contributed by atoms with Gasteiger partial charge in [-0.1, -0.05) is 6.07 Å². The predicted molar refractivity (Wildman–Crippen MR) is 70.8 cm³/mol. The second-order valence-electron chi connectivity index (χ2n) is 4.55. The Labute approximate surface area is 108 Å². The average molecular weight is 269 g/mol. The summed E-state index contributed by atoms with van der Waals surface area (Å²) in [6.07, 6.45) is 3.04. The van der Waals surface area contributed by atoms with Gasteiger partial charge in [0.2, 0.25) is 10.0 Å². The summed E-state index contributed by atoms with van der Waals surface area (Å²) in [4.78, 5) is 4.14. The Balaban J connectivity index is 1.94. The van der Waals surface area contributed by atoms with E-state index in [1.54, 1.807) is 13.2 Å². The quantitative estimate of drug-likeness (QED) is 0.832. The SMILES string of the molecule is CN(C1CCNC1)S(=O)(=O)CCc1ccccn1. The summed E-state index contributed by atoms with van der Waals surface area (Å²) < 4.78 is 25.8. The molecule has 18 heavy (non-hydrogen) atoms. The number of aromatic nitrogens is 1. The molecule has 6 heteroatoms. The van der Waals surface area contributed by atoms with Gasteiger partial charge in [0.15, 0.2) is 0 Å². The van der Waals surface area contributed by atoms with Crippen molar-refractivity contribution in [2.24, 2.45) is 0 Å². The highest BCUT2D eigenvalue weighted by atomic mass is 32.2. The summed E-state index contributed by atoms with van der Waals surface area (Å²) in [5.41, 5.74) is 0.819. The number of hydrogen-bond donors (Lipinski definition) is 1. The maximum atomic E-state index is 12.2. The highest BCUT2D eigenvalue weighted by molar-refractivity contribution is 7.89. The highest BCUT2D eigenvalue weighted by Crippen LogP contribution is 2.12. The zero-order valence-electron chi connectivity index (χ0n) is 10.5. The third-order valence-corrected chi connectivity index (χ3v) is 5.23. The lowest BCUT2D eigenvalue weighted by molar-refractivity contribution is 0.387. The molecule has 0 bridgehead atoms. The number of sulfonamides is 1. The molecule has 0 aromatic carbocycles. The van der Waals surface area contributed by atoms with Crippen LogP contribution in [0.25, 0.3) is 0 Å². The normalized spacial score (nSPS) is 20.4. The number of pyridine rings is 1. The van der Waals surface area contributed by atoms with Crippen LogP contribution in [0.3, 0.4) is 0 Å². The van der Waals surface area contributed by atoms with E-state index in [0.29, 0.717) is 6.42 Å². The van der Waals surface area contributed by atoms with Gasteiger partial charge in [0.05, 0.1) is 5.75 Å². The van der Waals surface area contributed by atoms with E-state index in [1.165, 1.54) is 4.31 Å². The summed E-state index contributed by atoms with van der Waals surface area (Å²) in [6.45, 7) is 1.64. The van der Waals surface area contributed by atoms with Gasteiger partial charge in [-0.25, -0.2) is 12.7 Å². The number of hydrogen-bond acceptors (Lipinski definition) is 4. The Hall–Kier alpha value is -0.980. The van der Waals surface area contributed by atoms with E-state index in [4.69, 9.17) is 0 Å². The van der Waals surface area contributed by atoms with Crippen LogP contribution in [0, 0.1) is 0 Å². The molecule has 100 valence electrons.